The van der Waals surface area contributed by atoms with Crippen molar-refractivity contribution in [3.05, 3.63) is 34.4 Å². The van der Waals surface area contributed by atoms with Crippen LogP contribution in [0.15, 0.2) is 12.1 Å². The fourth-order valence-corrected chi connectivity index (χ4v) is 2.33. The molecule has 1 aromatic rings. The molecule has 0 N–H and O–H groups in total. The molecule has 0 saturated carbocycles. The Hall–Kier alpha value is -0.490. The zero-order chi connectivity index (χ0) is 8.01. The molecule has 0 amide bonds. The van der Waals surface area contributed by atoms with E-state index in [9.17, 15) is 0 Å². The van der Waals surface area contributed by atoms with Gasteiger partial charge in [0.25, 0.3) is 0 Å². The molecular formula is C10H11Cl. The smallest absolute Gasteiger partial charge is 0.0630 e. The van der Waals surface area contributed by atoms with Gasteiger partial charge in [0, 0.05) is 0 Å². The molecule has 0 bridgehead atoms. The first-order chi connectivity index (χ1) is 5.18. The van der Waals surface area contributed by atoms with Crippen LogP contribution in [0.3, 0.4) is 0 Å². The van der Waals surface area contributed by atoms with Gasteiger partial charge in [-0.05, 0) is 37.0 Å². The largest absolute Gasteiger partial charge is 0.117 e. The number of aryl methyl sites for hydroxylation is 2. The molecule has 1 heteroatoms. The topological polar surface area (TPSA) is 0 Å². The highest BCUT2D eigenvalue weighted by Crippen LogP contribution is 2.40. The van der Waals surface area contributed by atoms with Crippen molar-refractivity contribution in [2.24, 2.45) is 0 Å². The summed E-state index contributed by atoms with van der Waals surface area (Å²) in [6.07, 6.45) is 1.05. The second kappa shape index (κ2) is 2.25. The van der Waals surface area contributed by atoms with Crippen molar-refractivity contribution in [2.75, 3.05) is 0 Å². The van der Waals surface area contributed by atoms with Gasteiger partial charge >= 0.3 is 0 Å². The van der Waals surface area contributed by atoms with E-state index in [1.54, 1.807) is 0 Å². The molecule has 0 radical (unpaired) electrons. The number of rotatable bonds is 0. The van der Waals surface area contributed by atoms with Crippen LogP contribution in [0.5, 0.6) is 0 Å². The number of halogens is 1. The van der Waals surface area contributed by atoms with E-state index in [-0.39, 0.29) is 5.38 Å². The molecule has 0 fully saturated rings. The summed E-state index contributed by atoms with van der Waals surface area (Å²) in [5.41, 5.74) is 5.52. The van der Waals surface area contributed by atoms with Gasteiger partial charge in [0.1, 0.15) is 0 Å². The average Bonchev–Trinajstić information content (AvgIpc) is 1.83. The third-order valence-corrected chi connectivity index (χ3v) is 2.70. The van der Waals surface area contributed by atoms with Crippen LogP contribution in [-0.2, 0) is 6.42 Å². The van der Waals surface area contributed by atoms with Crippen molar-refractivity contribution in [1.82, 2.24) is 0 Å². The second-order valence-corrected chi connectivity index (χ2v) is 3.85. The average molecular weight is 167 g/mol. The van der Waals surface area contributed by atoms with Gasteiger partial charge in [0.05, 0.1) is 5.38 Å². The molecule has 0 saturated heterocycles. The number of hydrogen-bond donors (Lipinski definition) is 0. The molecule has 0 nitrogen and oxygen atoms in total. The zero-order valence-electron chi connectivity index (χ0n) is 6.82. The highest BCUT2D eigenvalue weighted by Gasteiger charge is 2.25. The SMILES string of the molecule is Cc1cc(C)c2c(c1)CC2Cl. The van der Waals surface area contributed by atoms with Crippen molar-refractivity contribution in [1.29, 1.82) is 0 Å². The first kappa shape index (κ1) is 7.17. The van der Waals surface area contributed by atoms with E-state index in [1.807, 2.05) is 0 Å². The molecule has 0 aromatic heterocycles. The van der Waals surface area contributed by atoms with Crippen molar-refractivity contribution in [3.8, 4) is 0 Å². The number of alkyl halides is 1. The number of benzene rings is 1. The molecule has 11 heavy (non-hydrogen) atoms. The van der Waals surface area contributed by atoms with Gasteiger partial charge in [-0.25, -0.2) is 0 Å². The molecule has 0 heterocycles. The molecule has 1 aromatic carbocycles. The minimum Gasteiger partial charge on any atom is -0.117 e. The lowest BCUT2D eigenvalue weighted by molar-refractivity contribution is 0.791. The van der Waals surface area contributed by atoms with Crippen LogP contribution in [0, 0.1) is 13.8 Å². The van der Waals surface area contributed by atoms with Gasteiger partial charge in [-0.2, -0.15) is 0 Å². The minimum absolute atomic E-state index is 0.283. The summed E-state index contributed by atoms with van der Waals surface area (Å²) in [5.74, 6) is 0. The summed E-state index contributed by atoms with van der Waals surface area (Å²) in [4.78, 5) is 0. The van der Waals surface area contributed by atoms with E-state index in [4.69, 9.17) is 11.6 Å². The maximum absolute atomic E-state index is 6.04. The Kier molecular flexibility index (Phi) is 1.47. The summed E-state index contributed by atoms with van der Waals surface area (Å²) in [5, 5.41) is 0.283. The fraction of sp³-hybridized carbons (Fsp3) is 0.400. The van der Waals surface area contributed by atoms with Gasteiger partial charge in [0.15, 0.2) is 0 Å². The lowest BCUT2D eigenvalue weighted by Gasteiger charge is -2.27. The lowest BCUT2D eigenvalue weighted by atomic mass is 9.83. The quantitative estimate of drug-likeness (QED) is 0.520. The molecule has 1 aliphatic rings. The lowest BCUT2D eigenvalue weighted by Crippen LogP contribution is -2.14. The fourth-order valence-electron chi connectivity index (χ4n) is 1.85. The zero-order valence-corrected chi connectivity index (χ0v) is 7.57. The third kappa shape index (κ3) is 0.970. The van der Waals surface area contributed by atoms with Gasteiger partial charge in [0.2, 0.25) is 0 Å². The molecule has 58 valence electrons. The standard InChI is InChI=1S/C10H11Cl/c1-6-3-7(2)10-8(4-6)5-9(10)11/h3-4,9H,5H2,1-2H3. The first-order valence-corrected chi connectivity index (χ1v) is 4.36. The molecule has 1 aliphatic carbocycles. The van der Waals surface area contributed by atoms with Crippen LogP contribution in [0.2, 0.25) is 0 Å². The van der Waals surface area contributed by atoms with E-state index < -0.39 is 0 Å². The predicted molar refractivity (Wildman–Crippen MR) is 48.2 cm³/mol. The van der Waals surface area contributed by atoms with E-state index in [2.05, 4.69) is 26.0 Å². The van der Waals surface area contributed by atoms with Crippen LogP contribution in [0.1, 0.15) is 27.6 Å². The van der Waals surface area contributed by atoms with Gasteiger partial charge < -0.3 is 0 Å². The Morgan fingerprint density at radius 2 is 2.09 bits per heavy atom. The monoisotopic (exact) mass is 166 g/mol. The summed E-state index contributed by atoms with van der Waals surface area (Å²) in [6.45, 7) is 4.27. The predicted octanol–water partition coefficient (Wildman–Crippen LogP) is 3.14. The second-order valence-electron chi connectivity index (χ2n) is 3.33. The summed E-state index contributed by atoms with van der Waals surface area (Å²) in [6, 6.07) is 4.44. The summed E-state index contributed by atoms with van der Waals surface area (Å²) < 4.78 is 0. The highest BCUT2D eigenvalue weighted by molar-refractivity contribution is 6.22. The van der Waals surface area contributed by atoms with E-state index in [0.717, 1.165) is 6.42 Å². The number of fused-ring (bicyclic) bond motifs is 1. The Morgan fingerprint density at radius 3 is 2.64 bits per heavy atom. The number of hydrogen-bond acceptors (Lipinski definition) is 0. The molecular weight excluding hydrogens is 156 g/mol. The van der Waals surface area contributed by atoms with Crippen LogP contribution >= 0.6 is 11.6 Å². The Bertz CT molecular complexity index is 285. The summed E-state index contributed by atoms with van der Waals surface area (Å²) in [7, 11) is 0. The minimum atomic E-state index is 0.283. The Morgan fingerprint density at radius 1 is 1.36 bits per heavy atom. The molecule has 0 aliphatic heterocycles. The van der Waals surface area contributed by atoms with Crippen molar-refractivity contribution in [3.63, 3.8) is 0 Å². The maximum atomic E-state index is 6.04. The molecule has 0 spiro atoms. The van der Waals surface area contributed by atoms with E-state index in [0.29, 0.717) is 0 Å². The van der Waals surface area contributed by atoms with Gasteiger partial charge in [-0.3, -0.25) is 0 Å². The van der Waals surface area contributed by atoms with Crippen molar-refractivity contribution >= 4 is 11.6 Å². The normalized spacial score (nSPS) is 20.8. The van der Waals surface area contributed by atoms with Gasteiger partial charge in [-0.15, -0.1) is 11.6 Å². The van der Waals surface area contributed by atoms with Gasteiger partial charge in [-0.1, -0.05) is 17.7 Å². The van der Waals surface area contributed by atoms with Crippen molar-refractivity contribution in [2.45, 2.75) is 25.6 Å². The molecule has 2 rings (SSSR count). The van der Waals surface area contributed by atoms with E-state index >= 15 is 0 Å². The first-order valence-electron chi connectivity index (χ1n) is 3.92. The third-order valence-electron chi connectivity index (χ3n) is 2.33. The van der Waals surface area contributed by atoms with Crippen LogP contribution in [0.4, 0.5) is 0 Å². The Balaban J connectivity index is 2.58. The van der Waals surface area contributed by atoms with Crippen LogP contribution in [0.25, 0.3) is 0 Å². The van der Waals surface area contributed by atoms with E-state index in [1.165, 1.54) is 22.3 Å². The highest BCUT2D eigenvalue weighted by atomic mass is 35.5. The Labute approximate surface area is 72.2 Å². The van der Waals surface area contributed by atoms with Crippen molar-refractivity contribution < 1.29 is 0 Å². The van der Waals surface area contributed by atoms with Crippen LogP contribution < -0.4 is 0 Å². The maximum Gasteiger partial charge on any atom is 0.0630 e. The molecule has 1 unspecified atom stereocenters. The summed E-state index contributed by atoms with van der Waals surface area (Å²) >= 11 is 6.04. The molecule has 1 atom stereocenters. The van der Waals surface area contributed by atoms with Crippen LogP contribution in [-0.4, -0.2) is 0 Å².